The van der Waals surface area contributed by atoms with E-state index in [0.717, 1.165) is 25.1 Å². The number of aliphatic hydroxyl groups is 1. The van der Waals surface area contributed by atoms with Crippen LogP contribution in [0, 0.1) is 0 Å². The van der Waals surface area contributed by atoms with E-state index in [4.69, 9.17) is 9.84 Å². The lowest BCUT2D eigenvalue weighted by Gasteiger charge is -2.07. The summed E-state index contributed by atoms with van der Waals surface area (Å²) in [4.78, 5) is 0. The molecule has 106 valence electrons. The lowest BCUT2D eigenvalue weighted by Crippen LogP contribution is -2.16. The number of hydrogen-bond donors (Lipinski definition) is 3. The van der Waals surface area contributed by atoms with Crippen LogP contribution in [-0.4, -0.2) is 23.6 Å². The van der Waals surface area contributed by atoms with E-state index in [1.165, 1.54) is 5.56 Å². The molecule has 2 aromatic carbocycles. The molecule has 20 heavy (non-hydrogen) atoms. The maximum atomic E-state index is 9.20. The molecule has 0 aliphatic heterocycles. The van der Waals surface area contributed by atoms with Crippen LogP contribution in [0.25, 0.3) is 0 Å². The third-order valence-electron chi connectivity index (χ3n) is 2.99. The molecule has 0 unspecified atom stereocenters. The summed E-state index contributed by atoms with van der Waals surface area (Å²) in [6.45, 7) is 1.30. The molecule has 0 spiro atoms. The van der Waals surface area contributed by atoms with Gasteiger partial charge in [0, 0.05) is 6.54 Å². The van der Waals surface area contributed by atoms with E-state index in [1.54, 1.807) is 12.1 Å². The van der Waals surface area contributed by atoms with Gasteiger partial charge in [-0.1, -0.05) is 24.3 Å². The second kappa shape index (κ2) is 7.53. The monoisotopic (exact) mass is 273 g/mol. The van der Waals surface area contributed by atoms with Crippen molar-refractivity contribution in [1.82, 2.24) is 5.32 Å². The molecule has 3 N–H and O–H groups in total. The first-order chi connectivity index (χ1) is 9.78. The van der Waals surface area contributed by atoms with Crippen LogP contribution >= 0.6 is 0 Å². The average Bonchev–Trinajstić information content (AvgIpc) is 2.46. The highest BCUT2D eigenvalue weighted by molar-refractivity contribution is 5.28. The Morgan fingerprint density at radius 3 is 2.55 bits per heavy atom. The molecule has 0 bridgehead atoms. The fourth-order valence-electron chi connectivity index (χ4n) is 1.95. The maximum Gasteiger partial charge on any atom is 0.186 e. The third-order valence-corrected chi connectivity index (χ3v) is 2.99. The van der Waals surface area contributed by atoms with Gasteiger partial charge in [-0.15, -0.1) is 0 Å². The molecule has 0 fully saturated rings. The highest BCUT2D eigenvalue weighted by atomic mass is 16.6. The van der Waals surface area contributed by atoms with E-state index in [2.05, 4.69) is 5.32 Å². The third kappa shape index (κ3) is 4.57. The van der Waals surface area contributed by atoms with Gasteiger partial charge < -0.3 is 20.3 Å². The van der Waals surface area contributed by atoms with Crippen molar-refractivity contribution in [3.8, 4) is 11.5 Å². The number of nitrogens with one attached hydrogen (secondary N) is 1. The van der Waals surface area contributed by atoms with E-state index in [-0.39, 0.29) is 6.79 Å². The molecule has 2 rings (SSSR count). The molecule has 0 amide bonds. The van der Waals surface area contributed by atoms with Gasteiger partial charge in [0.15, 0.2) is 6.79 Å². The Morgan fingerprint density at radius 2 is 1.80 bits per heavy atom. The van der Waals surface area contributed by atoms with E-state index in [1.807, 2.05) is 36.4 Å². The zero-order valence-electron chi connectivity index (χ0n) is 11.2. The van der Waals surface area contributed by atoms with Gasteiger partial charge in [0.25, 0.3) is 0 Å². The normalized spacial score (nSPS) is 10.4. The van der Waals surface area contributed by atoms with Crippen LogP contribution in [0.5, 0.6) is 11.5 Å². The predicted octanol–water partition coefficient (Wildman–Crippen LogP) is 2.05. The van der Waals surface area contributed by atoms with Gasteiger partial charge >= 0.3 is 0 Å². The lowest BCUT2D eigenvalue weighted by molar-refractivity contribution is 0.0985. The minimum absolute atomic E-state index is 0.294. The van der Waals surface area contributed by atoms with Gasteiger partial charge in [-0.05, 0) is 48.4 Å². The number of aliphatic hydroxyl groups excluding tert-OH is 1. The van der Waals surface area contributed by atoms with Crippen LogP contribution in [0.2, 0.25) is 0 Å². The number of aromatic hydroxyl groups is 1. The van der Waals surface area contributed by atoms with Crippen molar-refractivity contribution in [2.75, 3.05) is 13.3 Å². The number of hydrogen-bond acceptors (Lipinski definition) is 4. The molecule has 0 heterocycles. The summed E-state index contributed by atoms with van der Waals surface area (Å²) in [5, 5.41) is 21.3. The Labute approximate surface area is 118 Å². The van der Waals surface area contributed by atoms with Crippen LogP contribution in [0.3, 0.4) is 0 Å². The summed E-state index contributed by atoms with van der Waals surface area (Å²) in [7, 11) is 0. The van der Waals surface area contributed by atoms with E-state index < -0.39 is 0 Å². The quantitative estimate of drug-likeness (QED) is 0.534. The minimum atomic E-state index is -0.308. The van der Waals surface area contributed by atoms with Crippen molar-refractivity contribution in [3.05, 3.63) is 59.7 Å². The van der Waals surface area contributed by atoms with Crippen LogP contribution < -0.4 is 10.1 Å². The standard InChI is InChI=1S/C16H19NO3/c18-12-20-16-3-1-2-14(10-16)11-17-9-8-13-4-6-15(19)7-5-13/h1-7,10,17-19H,8-9,11-12H2. The van der Waals surface area contributed by atoms with Crippen molar-refractivity contribution in [2.24, 2.45) is 0 Å². The Kier molecular flexibility index (Phi) is 5.41. The second-order valence-electron chi connectivity index (χ2n) is 4.51. The Morgan fingerprint density at radius 1 is 1.00 bits per heavy atom. The van der Waals surface area contributed by atoms with Crippen LogP contribution in [0.1, 0.15) is 11.1 Å². The smallest absolute Gasteiger partial charge is 0.186 e. The zero-order chi connectivity index (χ0) is 14.2. The summed E-state index contributed by atoms with van der Waals surface area (Å²) in [6.07, 6.45) is 0.910. The van der Waals surface area contributed by atoms with Crippen molar-refractivity contribution in [3.63, 3.8) is 0 Å². The molecule has 0 saturated carbocycles. The Hall–Kier alpha value is -2.04. The number of ether oxygens (including phenoxy) is 1. The van der Waals surface area contributed by atoms with Crippen molar-refractivity contribution < 1.29 is 14.9 Å². The largest absolute Gasteiger partial charge is 0.508 e. The highest BCUT2D eigenvalue weighted by Crippen LogP contribution is 2.13. The number of benzene rings is 2. The number of phenols is 1. The summed E-state index contributed by atoms with van der Waals surface area (Å²) < 4.78 is 5.04. The Bertz CT molecular complexity index is 526. The summed E-state index contributed by atoms with van der Waals surface area (Å²) in [5.74, 6) is 0.966. The van der Waals surface area contributed by atoms with Crippen LogP contribution in [0.15, 0.2) is 48.5 Å². The topological polar surface area (TPSA) is 61.7 Å². The Balaban J connectivity index is 1.75. The van der Waals surface area contributed by atoms with E-state index in [0.29, 0.717) is 11.5 Å². The first kappa shape index (κ1) is 14.4. The van der Waals surface area contributed by atoms with Gasteiger partial charge in [0.2, 0.25) is 0 Å². The highest BCUT2D eigenvalue weighted by Gasteiger charge is 1.97. The fraction of sp³-hybridized carbons (Fsp3) is 0.250. The maximum absolute atomic E-state index is 9.20. The summed E-state index contributed by atoms with van der Waals surface area (Å²) in [5.41, 5.74) is 2.30. The van der Waals surface area contributed by atoms with Gasteiger partial charge in [-0.3, -0.25) is 0 Å². The summed E-state index contributed by atoms with van der Waals surface area (Å²) in [6, 6.07) is 14.9. The first-order valence-corrected chi connectivity index (χ1v) is 6.59. The molecule has 0 aliphatic rings. The van der Waals surface area contributed by atoms with Gasteiger partial charge in [0.1, 0.15) is 11.5 Å². The van der Waals surface area contributed by atoms with Crippen molar-refractivity contribution in [2.45, 2.75) is 13.0 Å². The lowest BCUT2D eigenvalue weighted by atomic mass is 10.1. The van der Waals surface area contributed by atoms with Crippen LogP contribution in [-0.2, 0) is 13.0 Å². The molecule has 0 saturated heterocycles. The molecule has 4 heteroatoms. The number of rotatable bonds is 7. The molecular formula is C16H19NO3. The molecule has 0 aliphatic carbocycles. The van der Waals surface area contributed by atoms with Gasteiger partial charge in [-0.25, -0.2) is 0 Å². The second-order valence-corrected chi connectivity index (χ2v) is 4.51. The molecule has 0 radical (unpaired) electrons. The van der Waals surface area contributed by atoms with E-state index in [9.17, 15) is 5.11 Å². The fourth-order valence-corrected chi connectivity index (χ4v) is 1.95. The summed E-state index contributed by atoms with van der Waals surface area (Å²) >= 11 is 0. The molecule has 4 nitrogen and oxygen atoms in total. The predicted molar refractivity (Wildman–Crippen MR) is 77.7 cm³/mol. The minimum Gasteiger partial charge on any atom is -0.508 e. The van der Waals surface area contributed by atoms with E-state index >= 15 is 0 Å². The zero-order valence-corrected chi connectivity index (χ0v) is 11.2. The van der Waals surface area contributed by atoms with Gasteiger partial charge in [-0.2, -0.15) is 0 Å². The van der Waals surface area contributed by atoms with Gasteiger partial charge in [0.05, 0.1) is 0 Å². The SMILES string of the molecule is OCOc1cccc(CNCCc2ccc(O)cc2)c1. The molecule has 0 aromatic heterocycles. The van der Waals surface area contributed by atoms with Crippen molar-refractivity contribution in [1.29, 1.82) is 0 Å². The van der Waals surface area contributed by atoms with Crippen molar-refractivity contribution >= 4 is 0 Å². The molecule has 2 aromatic rings. The molecular weight excluding hydrogens is 254 g/mol. The van der Waals surface area contributed by atoms with Crippen LogP contribution in [0.4, 0.5) is 0 Å². The number of phenolic OH excluding ortho intramolecular Hbond substituents is 1. The first-order valence-electron chi connectivity index (χ1n) is 6.59. The molecule has 0 atom stereocenters. The average molecular weight is 273 g/mol.